The smallest absolute Gasteiger partial charge is 0.328 e. The summed E-state index contributed by atoms with van der Waals surface area (Å²) in [6.07, 6.45) is 1.75. The number of anilines is 1. The lowest BCUT2D eigenvalue weighted by Crippen LogP contribution is -2.37. The van der Waals surface area contributed by atoms with Gasteiger partial charge in [-0.1, -0.05) is 36.4 Å². The molecule has 1 unspecified atom stereocenters. The Balaban J connectivity index is 1.71. The normalized spacial score (nSPS) is 17.1. The number of aromatic nitrogens is 1. The summed E-state index contributed by atoms with van der Waals surface area (Å²) in [7, 11) is 1.42. The van der Waals surface area contributed by atoms with Crippen molar-refractivity contribution in [2.24, 2.45) is 0 Å². The van der Waals surface area contributed by atoms with Gasteiger partial charge in [0, 0.05) is 12.6 Å². The summed E-state index contributed by atoms with van der Waals surface area (Å²) < 4.78 is 10.6. The molecule has 1 saturated heterocycles. The Morgan fingerprint density at radius 2 is 2.04 bits per heavy atom. The third-order valence-corrected chi connectivity index (χ3v) is 3.96. The zero-order valence-corrected chi connectivity index (χ0v) is 13.1. The van der Waals surface area contributed by atoms with Crippen LogP contribution in [0.3, 0.4) is 0 Å². The molecular weight excluding hydrogens is 292 g/mol. The van der Waals surface area contributed by atoms with Crippen molar-refractivity contribution in [3.63, 3.8) is 0 Å². The predicted octanol–water partition coefficient (Wildman–Crippen LogP) is 2.80. The van der Waals surface area contributed by atoms with Crippen LogP contribution in [-0.4, -0.2) is 30.6 Å². The van der Waals surface area contributed by atoms with Crippen molar-refractivity contribution >= 4 is 11.8 Å². The lowest BCUT2D eigenvalue weighted by atomic mass is 10.2. The van der Waals surface area contributed by atoms with Gasteiger partial charge in [-0.2, -0.15) is 4.98 Å². The van der Waals surface area contributed by atoms with Crippen molar-refractivity contribution in [1.29, 1.82) is 0 Å². The van der Waals surface area contributed by atoms with Crippen LogP contribution in [0.4, 0.5) is 5.82 Å². The van der Waals surface area contributed by atoms with E-state index in [1.165, 1.54) is 7.11 Å². The second kappa shape index (κ2) is 7.13. The van der Waals surface area contributed by atoms with Crippen LogP contribution in [-0.2, 0) is 16.1 Å². The predicted molar refractivity (Wildman–Crippen MR) is 87.4 cm³/mol. The van der Waals surface area contributed by atoms with E-state index < -0.39 is 0 Å². The largest absolute Gasteiger partial charge is 0.473 e. The zero-order chi connectivity index (χ0) is 16.1. The maximum absolute atomic E-state index is 11.9. The average Bonchev–Trinajstić information content (AvgIpc) is 3.10. The van der Waals surface area contributed by atoms with Crippen molar-refractivity contribution in [2.75, 3.05) is 18.6 Å². The van der Waals surface area contributed by atoms with E-state index >= 15 is 0 Å². The third-order valence-electron chi connectivity index (χ3n) is 3.96. The topological polar surface area (TPSA) is 51.7 Å². The molecule has 120 valence electrons. The molecule has 0 aliphatic carbocycles. The standard InChI is InChI=1S/C18H20N2O3/c1-22-18(21)15-9-6-12-20(15)16-10-5-11-17(19-16)23-13-14-7-3-2-4-8-14/h2-5,7-8,10-11,15H,6,9,12-13H2,1H3. The molecule has 0 spiro atoms. The summed E-state index contributed by atoms with van der Waals surface area (Å²) in [5.74, 6) is 1.10. The molecule has 2 heterocycles. The quantitative estimate of drug-likeness (QED) is 0.795. The molecule has 3 rings (SSSR count). The van der Waals surface area contributed by atoms with Gasteiger partial charge in [0.05, 0.1) is 7.11 Å². The summed E-state index contributed by atoms with van der Waals surface area (Å²) in [5, 5.41) is 0. The second-order valence-corrected chi connectivity index (χ2v) is 5.48. The van der Waals surface area contributed by atoms with Crippen LogP contribution in [0.5, 0.6) is 5.88 Å². The van der Waals surface area contributed by atoms with Gasteiger partial charge in [0.1, 0.15) is 18.5 Å². The van der Waals surface area contributed by atoms with Gasteiger partial charge >= 0.3 is 5.97 Å². The lowest BCUT2D eigenvalue weighted by Gasteiger charge is -2.23. The molecule has 1 aliphatic rings. The van der Waals surface area contributed by atoms with E-state index in [1.54, 1.807) is 0 Å². The highest BCUT2D eigenvalue weighted by atomic mass is 16.5. The molecule has 0 N–H and O–H groups in total. The van der Waals surface area contributed by atoms with Crippen LogP contribution in [0, 0.1) is 0 Å². The average molecular weight is 312 g/mol. The molecule has 5 heteroatoms. The van der Waals surface area contributed by atoms with Gasteiger partial charge in [-0.3, -0.25) is 0 Å². The van der Waals surface area contributed by atoms with Crippen molar-refractivity contribution in [3.8, 4) is 5.88 Å². The van der Waals surface area contributed by atoms with E-state index in [1.807, 2.05) is 53.4 Å². The Labute approximate surface area is 135 Å². The van der Waals surface area contributed by atoms with Gasteiger partial charge in [-0.15, -0.1) is 0 Å². The fourth-order valence-corrected chi connectivity index (χ4v) is 2.80. The number of ether oxygens (including phenoxy) is 2. The summed E-state index contributed by atoms with van der Waals surface area (Å²) in [6, 6.07) is 15.3. The first-order chi connectivity index (χ1) is 11.3. The minimum absolute atomic E-state index is 0.208. The third kappa shape index (κ3) is 3.62. The Morgan fingerprint density at radius 3 is 2.83 bits per heavy atom. The number of pyridine rings is 1. The molecule has 0 bridgehead atoms. The SMILES string of the molecule is COC(=O)C1CCCN1c1cccc(OCc2ccccc2)n1. The Morgan fingerprint density at radius 1 is 1.22 bits per heavy atom. The molecule has 1 atom stereocenters. The molecule has 5 nitrogen and oxygen atoms in total. The highest BCUT2D eigenvalue weighted by Gasteiger charge is 2.32. The molecular formula is C18H20N2O3. The Kier molecular flexibility index (Phi) is 4.76. The number of benzene rings is 1. The van der Waals surface area contributed by atoms with Crippen LogP contribution < -0.4 is 9.64 Å². The number of hydrogen-bond donors (Lipinski definition) is 0. The molecule has 2 aromatic rings. The molecule has 1 aromatic carbocycles. The van der Waals surface area contributed by atoms with Crippen LogP contribution in [0.25, 0.3) is 0 Å². The van der Waals surface area contributed by atoms with E-state index in [4.69, 9.17) is 9.47 Å². The number of carbonyl (C=O) groups excluding carboxylic acids is 1. The Bertz CT molecular complexity index is 660. The summed E-state index contributed by atoms with van der Waals surface area (Å²) in [4.78, 5) is 18.4. The summed E-state index contributed by atoms with van der Waals surface area (Å²) >= 11 is 0. The van der Waals surface area contributed by atoms with Gasteiger partial charge in [0.2, 0.25) is 5.88 Å². The monoisotopic (exact) mass is 312 g/mol. The van der Waals surface area contributed by atoms with Crippen LogP contribution >= 0.6 is 0 Å². The van der Waals surface area contributed by atoms with E-state index in [9.17, 15) is 4.79 Å². The van der Waals surface area contributed by atoms with Crippen molar-refractivity contribution in [3.05, 3.63) is 54.1 Å². The second-order valence-electron chi connectivity index (χ2n) is 5.48. The Hall–Kier alpha value is -2.56. The maximum Gasteiger partial charge on any atom is 0.328 e. The molecule has 1 fully saturated rings. The van der Waals surface area contributed by atoms with Crippen molar-refractivity contribution < 1.29 is 14.3 Å². The van der Waals surface area contributed by atoms with Crippen molar-refractivity contribution in [1.82, 2.24) is 4.98 Å². The number of nitrogens with zero attached hydrogens (tertiary/aromatic N) is 2. The fourth-order valence-electron chi connectivity index (χ4n) is 2.80. The number of hydrogen-bond acceptors (Lipinski definition) is 5. The molecule has 0 radical (unpaired) electrons. The maximum atomic E-state index is 11.9. The lowest BCUT2D eigenvalue weighted by molar-refractivity contribution is -0.141. The molecule has 1 aromatic heterocycles. The summed E-state index contributed by atoms with van der Waals surface area (Å²) in [5.41, 5.74) is 1.09. The first-order valence-corrected chi connectivity index (χ1v) is 7.76. The minimum atomic E-state index is -0.253. The molecule has 23 heavy (non-hydrogen) atoms. The van der Waals surface area contributed by atoms with Gasteiger partial charge in [-0.05, 0) is 24.5 Å². The van der Waals surface area contributed by atoms with E-state index in [0.29, 0.717) is 12.5 Å². The number of methoxy groups -OCH3 is 1. The van der Waals surface area contributed by atoms with Crippen molar-refractivity contribution in [2.45, 2.75) is 25.5 Å². The van der Waals surface area contributed by atoms with Gasteiger partial charge in [0.25, 0.3) is 0 Å². The first kappa shape index (κ1) is 15.3. The first-order valence-electron chi connectivity index (χ1n) is 7.76. The van der Waals surface area contributed by atoms with Crippen LogP contribution in [0.15, 0.2) is 48.5 Å². The van der Waals surface area contributed by atoms with Gasteiger partial charge in [0.15, 0.2) is 0 Å². The van der Waals surface area contributed by atoms with Gasteiger partial charge in [-0.25, -0.2) is 4.79 Å². The highest BCUT2D eigenvalue weighted by molar-refractivity contribution is 5.80. The molecule has 0 saturated carbocycles. The molecule has 0 amide bonds. The van der Waals surface area contributed by atoms with Gasteiger partial charge < -0.3 is 14.4 Å². The fraction of sp³-hybridized carbons (Fsp3) is 0.333. The highest BCUT2D eigenvalue weighted by Crippen LogP contribution is 2.26. The van der Waals surface area contributed by atoms with E-state index in [0.717, 1.165) is 30.8 Å². The number of rotatable bonds is 5. The van der Waals surface area contributed by atoms with Crippen LogP contribution in [0.1, 0.15) is 18.4 Å². The number of carbonyl (C=O) groups is 1. The minimum Gasteiger partial charge on any atom is -0.473 e. The molecule has 1 aliphatic heterocycles. The van der Waals surface area contributed by atoms with E-state index in [-0.39, 0.29) is 12.0 Å². The van der Waals surface area contributed by atoms with E-state index in [2.05, 4.69) is 4.98 Å². The zero-order valence-electron chi connectivity index (χ0n) is 13.1. The number of esters is 1. The van der Waals surface area contributed by atoms with Crippen LogP contribution in [0.2, 0.25) is 0 Å². The summed E-state index contributed by atoms with van der Waals surface area (Å²) in [6.45, 7) is 1.27.